The van der Waals surface area contributed by atoms with Crippen LogP contribution in [0.2, 0.25) is 0 Å². The van der Waals surface area contributed by atoms with Crippen LogP contribution in [0.5, 0.6) is 5.75 Å². The molecule has 140 valence electrons. The monoisotopic (exact) mass is 375 g/mol. The summed E-state index contributed by atoms with van der Waals surface area (Å²) < 4.78 is 43.9. The first kappa shape index (κ1) is 18.3. The molecular formula is C18H16F3N5O. The summed E-state index contributed by atoms with van der Waals surface area (Å²) in [7, 11) is 1.53. The Bertz CT molecular complexity index is 946. The normalized spacial score (nSPS) is 11.1. The van der Waals surface area contributed by atoms with Crippen LogP contribution in [0.25, 0.3) is 0 Å². The van der Waals surface area contributed by atoms with E-state index < -0.39 is 11.7 Å². The van der Waals surface area contributed by atoms with Gasteiger partial charge in [0.25, 0.3) is 0 Å². The second kappa shape index (κ2) is 7.40. The fraction of sp³-hybridized carbons (Fsp3) is 0.111. The average Bonchev–Trinajstić information content (AvgIpc) is 2.65. The van der Waals surface area contributed by atoms with Crippen LogP contribution >= 0.6 is 0 Å². The number of nitrogen functional groups attached to an aromatic ring is 1. The predicted molar refractivity (Wildman–Crippen MR) is 97.4 cm³/mol. The molecule has 1 aromatic heterocycles. The highest BCUT2D eigenvalue weighted by molar-refractivity contribution is 5.81. The lowest BCUT2D eigenvalue weighted by molar-refractivity contribution is -0.137. The number of nitrogens with zero attached hydrogens (tertiary/aromatic N) is 2. The van der Waals surface area contributed by atoms with E-state index in [4.69, 9.17) is 10.5 Å². The minimum absolute atomic E-state index is 0.154. The Morgan fingerprint density at radius 3 is 2.37 bits per heavy atom. The van der Waals surface area contributed by atoms with E-state index in [1.54, 1.807) is 12.1 Å². The van der Waals surface area contributed by atoms with Gasteiger partial charge >= 0.3 is 6.18 Å². The summed E-state index contributed by atoms with van der Waals surface area (Å²) >= 11 is 0. The van der Waals surface area contributed by atoms with E-state index in [1.165, 1.54) is 25.6 Å². The first-order valence-corrected chi connectivity index (χ1v) is 7.83. The topological polar surface area (TPSA) is 85.1 Å². The van der Waals surface area contributed by atoms with Gasteiger partial charge in [-0.25, -0.2) is 9.97 Å². The van der Waals surface area contributed by atoms with Crippen LogP contribution in [0.15, 0.2) is 54.9 Å². The van der Waals surface area contributed by atoms with Crippen LogP contribution in [-0.2, 0) is 6.18 Å². The zero-order valence-electron chi connectivity index (χ0n) is 14.2. The highest BCUT2D eigenvalue weighted by atomic mass is 19.4. The molecule has 0 aliphatic carbocycles. The molecule has 9 heteroatoms. The Morgan fingerprint density at radius 1 is 0.963 bits per heavy atom. The van der Waals surface area contributed by atoms with E-state index in [0.29, 0.717) is 17.3 Å². The number of halogens is 3. The van der Waals surface area contributed by atoms with Crippen molar-refractivity contribution in [3.05, 3.63) is 60.4 Å². The predicted octanol–water partition coefficient (Wildman–Crippen LogP) is 4.57. The Balaban J connectivity index is 1.87. The fourth-order valence-corrected chi connectivity index (χ4v) is 2.38. The minimum Gasteiger partial charge on any atom is -0.495 e. The number of methoxy groups -OCH3 is 1. The largest absolute Gasteiger partial charge is 0.495 e. The van der Waals surface area contributed by atoms with Gasteiger partial charge in [0.05, 0.1) is 18.4 Å². The van der Waals surface area contributed by atoms with Crippen LogP contribution in [0.1, 0.15) is 5.56 Å². The van der Waals surface area contributed by atoms with Gasteiger partial charge < -0.3 is 21.1 Å². The number of benzene rings is 2. The highest BCUT2D eigenvalue weighted by Gasteiger charge is 2.30. The lowest BCUT2D eigenvalue weighted by atomic mass is 10.2. The molecule has 0 bridgehead atoms. The van der Waals surface area contributed by atoms with E-state index in [1.807, 2.05) is 12.1 Å². The first-order valence-electron chi connectivity index (χ1n) is 7.83. The van der Waals surface area contributed by atoms with Gasteiger partial charge in [-0.2, -0.15) is 13.2 Å². The van der Waals surface area contributed by atoms with Crippen LogP contribution in [0.4, 0.5) is 41.9 Å². The lowest BCUT2D eigenvalue weighted by Gasteiger charge is -2.15. The molecule has 2 aromatic carbocycles. The Morgan fingerprint density at radius 2 is 1.67 bits per heavy atom. The Kier molecular flexibility index (Phi) is 5.02. The Hall–Kier alpha value is -3.49. The van der Waals surface area contributed by atoms with Crippen molar-refractivity contribution in [2.75, 3.05) is 23.5 Å². The van der Waals surface area contributed by atoms with Crippen molar-refractivity contribution in [1.29, 1.82) is 0 Å². The molecule has 3 rings (SSSR count). The number of rotatable bonds is 5. The number of ether oxygens (including phenoxy) is 1. The Labute approximate surface area is 153 Å². The number of aromatic nitrogens is 2. The number of para-hydroxylation sites is 2. The van der Waals surface area contributed by atoms with Crippen LogP contribution < -0.4 is 21.1 Å². The van der Waals surface area contributed by atoms with E-state index in [0.717, 1.165) is 12.1 Å². The zero-order chi connectivity index (χ0) is 19.4. The van der Waals surface area contributed by atoms with Crippen molar-refractivity contribution < 1.29 is 17.9 Å². The summed E-state index contributed by atoms with van der Waals surface area (Å²) in [6, 6.07) is 11.9. The van der Waals surface area contributed by atoms with Crippen LogP contribution in [-0.4, -0.2) is 17.1 Å². The van der Waals surface area contributed by atoms with Crippen molar-refractivity contribution in [3.8, 4) is 5.75 Å². The molecule has 0 saturated carbocycles. The summed E-state index contributed by atoms with van der Waals surface area (Å²) in [5, 5.41) is 5.82. The van der Waals surface area contributed by atoms with Gasteiger partial charge in [0.15, 0.2) is 11.6 Å². The molecule has 0 spiro atoms. The average molecular weight is 375 g/mol. The summed E-state index contributed by atoms with van der Waals surface area (Å²) in [5.41, 5.74) is 6.31. The van der Waals surface area contributed by atoms with Crippen molar-refractivity contribution in [1.82, 2.24) is 9.97 Å². The maximum Gasteiger partial charge on any atom is 0.416 e. The van der Waals surface area contributed by atoms with Crippen LogP contribution in [0.3, 0.4) is 0 Å². The number of anilines is 5. The summed E-state index contributed by atoms with van der Waals surface area (Å²) in [6.07, 6.45) is -3.18. The smallest absolute Gasteiger partial charge is 0.416 e. The molecule has 6 nitrogen and oxygen atoms in total. The van der Waals surface area contributed by atoms with Crippen LogP contribution in [0, 0.1) is 0 Å². The molecular weight excluding hydrogens is 359 g/mol. The number of alkyl halides is 3. The van der Waals surface area contributed by atoms with Crippen molar-refractivity contribution in [2.24, 2.45) is 0 Å². The molecule has 0 radical (unpaired) electrons. The van der Waals surface area contributed by atoms with Gasteiger partial charge in [0, 0.05) is 5.69 Å². The van der Waals surface area contributed by atoms with E-state index >= 15 is 0 Å². The molecule has 0 unspecified atom stereocenters. The summed E-state index contributed by atoms with van der Waals surface area (Å²) in [4.78, 5) is 8.10. The molecule has 0 fully saturated rings. The third kappa shape index (κ3) is 4.20. The molecule has 0 aliphatic rings. The number of nitrogens with one attached hydrogen (secondary N) is 2. The summed E-state index contributed by atoms with van der Waals surface area (Å²) in [6.45, 7) is 0. The first-order chi connectivity index (χ1) is 12.9. The number of hydrogen-bond donors (Lipinski definition) is 3. The van der Waals surface area contributed by atoms with Crippen molar-refractivity contribution in [3.63, 3.8) is 0 Å². The molecule has 3 aromatic rings. The maximum atomic E-state index is 12.9. The molecule has 0 saturated heterocycles. The van der Waals surface area contributed by atoms with Gasteiger partial charge in [-0.3, -0.25) is 0 Å². The highest BCUT2D eigenvalue weighted by Crippen LogP contribution is 2.34. The van der Waals surface area contributed by atoms with Gasteiger partial charge in [0.1, 0.15) is 17.8 Å². The third-order valence-electron chi connectivity index (χ3n) is 3.70. The quantitative estimate of drug-likeness (QED) is 0.606. The third-order valence-corrected chi connectivity index (χ3v) is 3.70. The van der Waals surface area contributed by atoms with E-state index in [2.05, 4.69) is 20.6 Å². The number of hydrogen-bond acceptors (Lipinski definition) is 6. The maximum absolute atomic E-state index is 12.9. The van der Waals surface area contributed by atoms with E-state index in [-0.39, 0.29) is 17.2 Å². The molecule has 1 heterocycles. The van der Waals surface area contributed by atoms with Crippen molar-refractivity contribution in [2.45, 2.75) is 6.18 Å². The second-order valence-electron chi connectivity index (χ2n) is 5.51. The molecule has 4 N–H and O–H groups in total. The second-order valence-corrected chi connectivity index (χ2v) is 5.51. The van der Waals surface area contributed by atoms with Gasteiger partial charge in [-0.15, -0.1) is 0 Å². The molecule has 0 atom stereocenters. The fourth-order valence-electron chi connectivity index (χ4n) is 2.38. The zero-order valence-corrected chi connectivity index (χ0v) is 14.2. The van der Waals surface area contributed by atoms with Gasteiger partial charge in [0.2, 0.25) is 0 Å². The minimum atomic E-state index is -4.44. The standard InChI is InChI=1S/C18H16F3N5O/c1-27-14-8-3-2-7-13(14)26-17-15(22)16(23-10-24-17)25-12-6-4-5-11(9-12)18(19,20)21/h2-10H,22H2,1H3,(H2,23,24,25,26). The van der Waals surface area contributed by atoms with Crippen molar-refractivity contribution >= 4 is 28.7 Å². The van der Waals surface area contributed by atoms with E-state index in [9.17, 15) is 13.2 Å². The molecule has 0 amide bonds. The molecule has 0 aliphatic heterocycles. The molecule has 27 heavy (non-hydrogen) atoms. The summed E-state index contributed by atoms with van der Waals surface area (Å²) in [5.74, 6) is 1.06. The SMILES string of the molecule is COc1ccccc1Nc1ncnc(Nc2cccc(C(F)(F)F)c2)c1N. The number of nitrogens with two attached hydrogens (primary N) is 1. The van der Waals surface area contributed by atoms with Gasteiger partial charge in [-0.05, 0) is 30.3 Å². The lowest BCUT2D eigenvalue weighted by Crippen LogP contribution is -2.07. The van der Waals surface area contributed by atoms with Gasteiger partial charge in [-0.1, -0.05) is 18.2 Å².